The van der Waals surface area contributed by atoms with E-state index in [0.29, 0.717) is 32.4 Å². The number of ether oxygens (including phenoxy) is 2. The normalized spacial score (nSPS) is 20.0. The summed E-state index contributed by atoms with van der Waals surface area (Å²) in [6.45, 7) is 17.3. The van der Waals surface area contributed by atoms with E-state index in [1.54, 1.807) is 15.9 Å². The lowest BCUT2D eigenvalue weighted by atomic mass is 10.2. The molecule has 0 unspecified atom stereocenters. The molecule has 3 fully saturated rings. The summed E-state index contributed by atoms with van der Waals surface area (Å²) in [5.41, 5.74) is 0.283. The lowest BCUT2D eigenvalue weighted by Gasteiger charge is -2.37. The Bertz CT molecular complexity index is 905. The number of nitrogens with one attached hydrogen (secondary N) is 1. The first kappa shape index (κ1) is 32.3. The fraction of sp³-hybridized carbons (Fsp3) is 0.750. The predicted octanol–water partition coefficient (Wildman–Crippen LogP) is 2.92. The van der Waals surface area contributed by atoms with Crippen LogP contribution in [0.2, 0.25) is 0 Å². The van der Waals surface area contributed by atoms with Gasteiger partial charge in [0.25, 0.3) is 0 Å². The van der Waals surface area contributed by atoms with Crippen LogP contribution in [-0.2, 0) is 23.9 Å². The highest BCUT2D eigenvalue weighted by atomic mass is 16.6. The first-order chi connectivity index (χ1) is 18.1. The monoisotopic (exact) mass is 550 g/mol. The maximum absolute atomic E-state index is 11.9. The van der Waals surface area contributed by atoms with E-state index in [4.69, 9.17) is 9.47 Å². The number of nitrogens with zero attached hydrogens (tertiary/aromatic N) is 3. The van der Waals surface area contributed by atoms with Gasteiger partial charge in [0, 0.05) is 83.4 Å². The molecule has 220 valence electrons. The van der Waals surface area contributed by atoms with E-state index < -0.39 is 5.60 Å². The van der Waals surface area contributed by atoms with Crippen LogP contribution in [0.15, 0.2) is 11.8 Å². The minimum Gasteiger partial charge on any atom is -0.444 e. The fourth-order valence-corrected chi connectivity index (χ4v) is 4.18. The summed E-state index contributed by atoms with van der Waals surface area (Å²) >= 11 is 0. The molecule has 2 amide bonds. The largest absolute Gasteiger partial charge is 0.444 e. The number of piperazine rings is 2. The molecule has 0 bridgehead atoms. The van der Waals surface area contributed by atoms with Gasteiger partial charge in [-0.05, 0) is 48.0 Å². The Morgan fingerprint density at radius 2 is 1.15 bits per heavy atom. The molecule has 2 aliphatic carbocycles. The highest BCUT2D eigenvalue weighted by molar-refractivity contribution is 6.05. The molecule has 1 N–H and O–H groups in total. The number of ketones is 3. The molecule has 2 aliphatic heterocycles. The van der Waals surface area contributed by atoms with Crippen LogP contribution in [0.5, 0.6) is 0 Å². The summed E-state index contributed by atoms with van der Waals surface area (Å²) in [6, 6.07) is 0. The van der Waals surface area contributed by atoms with Crippen LogP contribution in [-0.4, -0.2) is 108 Å². The lowest BCUT2D eigenvalue weighted by molar-refractivity contribution is -0.121. The lowest BCUT2D eigenvalue weighted by Crippen LogP contribution is -2.49. The van der Waals surface area contributed by atoms with E-state index in [1.165, 1.54) is 0 Å². The summed E-state index contributed by atoms with van der Waals surface area (Å²) < 4.78 is 10.6. The van der Waals surface area contributed by atoms with Crippen molar-refractivity contribution in [2.24, 2.45) is 0 Å². The predicted molar refractivity (Wildman–Crippen MR) is 146 cm³/mol. The Labute approximate surface area is 232 Å². The van der Waals surface area contributed by atoms with Gasteiger partial charge in [-0.15, -0.1) is 0 Å². The standard InChI is InChI=1S/C14H22N2O3.C9H18N2O2.C5H6O2/c1-14(2,3)19-13(18)16-8-6-15(7-9-16)11-4-5-12(17)10-11;1-9(2,3)13-8(12)11-6-4-10-5-7-11;6-4-1-2-5(7)3-4/h10H,4-9H2,1-3H3;10H,4-7H2,1-3H3;1-3H2. The molecule has 0 radical (unpaired) electrons. The van der Waals surface area contributed by atoms with Crippen LogP contribution in [0.25, 0.3) is 0 Å². The summed E-state index contributed by atoms with van der Waals surface area (Å²) in [4.78, 5) is 60.8. The smallest absolute Gasteiger partial charge is 0.410 e. The van der Waals surface area contributed by atoms with Crippen LogP contribution in [0.3, 0.4) is 0 Å². The first-order valence-electron chi connectivity index (χ1n) is 13.8. The number of carbonyl (C=O) groups excluding carboxylic acids is 5. The van der Waals surface area contributed by atoms with Crippen molar-refractivity contribution in [1.82, 2.24) is 20.0 Å². The van der Waals surface area contributed by atoms with Crippen LogP contribution in [0, 0.1) is 0 Å². The van der Waals surface area contributed by atoms with Crippen molar-refractivity contribution in [2.45, 2.75) is 84.8 Å². The number of amides is 2. The van der Waals surface area contributed by atoms with Crippen molar-refractivity contribution in [1.29, 1.82) is 0 Å². The third-order valence-corrected chi connectivity index (χ3v) is 6.14. The van der Waals surface area contributed by atoms with Crippen molar-refractivity contribution in [3.63, 3.8) is 0 Å². The third kappa shape index (κ3) is 12.6. The van der Waals surface area contributed by atoms with E-state index in [2.05, 4.69) is 10.2 Å². The van der Waals surface area contributed by atoms with Gasteiger partial charge < -0.3 is 29.5 Å². The average molecular weight is 551 g/mol. The number of hydrogen-bond donors (Lipinski definition) is 1. The third-order valence-electron chi connectivity index (χ3n) is 6.14. The Hall–Kier alpha value is -2.95. The van der Waals surface area contributed by atoms with Gasteiger partial charge in [0.05, 0.1) is 6.42 Å². The van der Waals surface area contributed by atoms with Crippen LogP contribution >= 0.6 is 0 Å². The summed E-state index contributed by atoms with van der Waals surface area (Å²) in [5, 5.41) is 3.18. The molecule has 4 rings (SSSR count). The maximum Gasteiger partial charge on any atom is 0.410 e. The van der Waals surface area contributed by atoms with Crippen molar-refractivity contribution < 1.29 is 33.4 Å². The van der Waals surface area contributed by atoms with Gasteiger partial charge in [0.2, 0.25) is 0 Å². The van der Waals surface area contributed by atoms with E-state index in [1.807, 2.05) is 41.5 Å². The quantitative estimate of drug-likeness (QED) is 0.491. The van der Waals surface area contributed by atoms with Gasteiger partial charge in [0.1, 0.15) is 22.8 Å². The molecule has 0 aromatic carbocycles. The minimum absolute atomic E-state index is 0.102. The molecular weight excluding hydrogens is 504 g/mol. The Morgan fingerprint density at radius 1 is 0.692 bits per heavy atom. The molecule has 1 saturated carbocycles. The molecule has 2 heterocycles. The van der Waals surface area contributed by atoms with Crippen LogP contribution in [0.1, 0.15) is 73.6 Å². The van der Waals surface area contributed by atoms with Crippen molar-refractivity contribution in [3.05, 3.63) is 11.8 Å². The molecule has 0 aromatic heterocycles. The molecule has 2 saturated heterocycles. The molecule has 4 aliphatic rings. The topological polar surface area (TPSA) is 126 Å². The first-order valence-corrected chi connectivity index (χ1v) is 13.8. The molecule has 11 nitrogen and oxygen atoms in total. The van der Waals surface area contributed by atoms with E-state index in [0.717, 1.165) is 51.4 Å². The van der Waals surface area contributed by atoms with Crippen LogP contribution < -0.4 is 5.32 Å². The van der Waals surface area contributed by atoms with E-state index >= 15 is 0 Å². The SMILES string of the molecule is CC(C)(C)OC(=O)N1CCN(C2=CC(=O)CC2)CC1.CC(C)(C)OC(=O)N1CCNCC1.O=C1CCC(=O)C1. The van der Waals surface area contributed by atoms with Gasteiger partial charge in [-0.2, -0.15) is 0 Å². The molecule has 0 spiro atoms. The molecular formula is C28H46N4O7. The highest BCUT2D eigenvalue weighted by Gasteiger charge is 2.28. The van der Waals surface area contributed by atoms with Gasteiger partial charge in [-0.3, -0.25) is 14.4 Å². The molecule has 0 aromatic rings. The Balaban J connectivity index is 0.000000229. The number of carbonyl (C=O) groups is 5. The number of allylic oxidation sites excluding steroid dienone is 2. The second kappa shape index (κ2) is 14.4. The Kier molecular flexibility index (Phi) is 11.9. The zero-order chi connectivity index (χ0) is 29.2. The average Bonchev–Trinajstić information content (AvgIpc) is 3.45. The second-order valence-electron chi connectivity index (χ2n) is 12.0. The van der Waals surface area contributed by atoms with E-state index in [-0.39, 0.29) is 41.6 Å². The van der Waals surface area contributed by atoms with Crippen molar-refractivity contribution in [3.8, 4) is 0 Å². The highest BCUT2D eigenvalue weighted by Crippen LogP contribution is 2.21. The van der Waals surface area contributed by atoms with Crippen LogP contribution in [0.4, 0.5) is 9.59 Å². The van der Waals surface area contributed by atoms with Gasteiger partial charge in [0.15, 0.2) is 5.78 Å². The fourth-order valence-electron chi connectivity index (χ4n) is 4.18. The molecule has 39 heavy (non-hydrogen) atoms. The number of Topliss-reactive ketones (excluding diaryl/α,β-unsaturated/α-hetero) is 2. The number of hydrogen-bond acceptors (Lipinski definition) is 9. The zero-order valence-electron chi connectivity index (χ0n) is 24.5. The second-order valence-corrected chi connectivity index (χ2v) is 12.0. The van der Waals surface area contributed by atoms with Gasteiger partial charge >= 0.3 is 12.2 Å². The molecule has 11 heteroatoms. The minimum atomic E-state index is -0.450. The summed E-state index contributed by atoms with van der Waals surface area (Å²) in [6.07, 6.45) is 3.92. The van der Waals surface area contributed by atoms with Crippen molar-refractivity contribution in [2.75, 3.05) is 52.4 Å². The van der Waals surface area contributed by atoms with Crippen molar-refractivity contribution >= 4 is 29.5 Å². The van der Waals surface area contributed by atoms with Gasteiger partial charge in [-0.1, -0.05) is 0 Å². The molecule has 0 atom stereocenters. The maximum atomic E-state index is 11.9. The van der Waals surface area contributed by atoms with E-state index in [9.17, 15) is 24.0 Å². The number of rotatable bonds is 1. The Morgan fingerprint density at radius 3 is 1.51 bits per heavy atom. The summed E-state index contributed by atoms with van der Waals surface area (Å²) in [5.74, 6) is 0.416. The van der Waals surface area contributed by atoms with Gasteiger partial charge in [-0.25, -0.2) is 9.59 Å². The zero-order valence-corrected chi connectivity index (χ0v) is 24.5. The summed E-state index contributed by atoms with van der Waals surface area (Å²) in [7, 11) is 0.